The Morgan fingerprint density at radius 1 is 1.22 bits per heavy atom. The monoisotopic (exact) mass is 306 g/mol. The molecule has 1 atom stereocenters. The van der Waals surface area contributed by atoms with Crippen molar-refractivity contribution in [1.82, 2.24) is 0 Å². The van der Waals surface area contributed by atoms with Crippen LogP contribution in [0.5, 0.6) is 0 Å². The van der Waals surface area contributed by atoms with Crippen molar-refractivity contribution in [3.63, 3.8) is 0 Å². The van der Waals surface area contributed by atoms with Crippen LogP contribution in [-0.2, 0) is 4.79 Å². The molecule has 0 amide bonds. The van der Waals surface area contributed by atoms with Crippen LogP contribution in [-0.4, -0.2) is 11.1 Å². The third-order valence-electron chi connectivity index (χ3n) is 3.23. The molecule has 0 spiro atoms. The second-order valence-corrected chi connectivity index (χ2v) is 5.37. The minimum Gasteiger partial charge on any atom is -0.481 e. The molecule has 0 heterocycles. The summed E-state index contributed by atoms with van der Waals surface area (Å²) in [6.45, 7) is 2.08. The summed E-state index contributed by atoms with van der Waals surface area (Å²) in [6, 6.07) is 12.3. The minimum absolute atomic E-state index is 0.214. The Morgan fingerprint density at radius 3 is 2.56 bits per heavy atom. The van der Waals surface area contributed by atoms with E-state index in [0.717, 1.165) is 4.47 Å². The van der Waals surface area contributed by atoms with Crippen molar-refractivity contribution in [3.05, 3.63) is 46.4 Å². The molecule has 0 saturated carbocycles. The average molecular weight is 307 g/mol. The molecular weight excluding hydrogens is 292 g/mol. The third-order valence-corrected chi connectivity index (χ3v) is 3.92. The lowest BCUT2D eigenvalue weighted by atomic mass is 9.91. The first-order chi connectivity index (χ1) is 8.59. The SMILES string of the molecule is CC(CCC(=O)O)c1ccc(Br)c2ccccc12. The summed E-state index contributed by atoms with van der Waals surface area (Å²) in [5.41, 5.74) is 1.22. The van der Waals surface area contributed by atoms with E-state index in [9.17, 15) is 4.79 Å². The number of hydrogen-bond donors (Lipinski definition) is 1. The largest absolute Gasteiger partial charge is 0.481 e. The van der Waals surface area contributed by atoms with Gasteiger partial charge < -0.3 is 5.11 Å². The van der Waals surface area contributed by atoms with E-state index in [0.29, 0.717) is 6.42 Å². The van der Waals surface area contributed by atoms with Gasteiger partial charge in [-0.1, -0.05) is 53.2 Å². The number of aliphatic carboxylic acids is 1. The molecule has 94 valence electrons. The van der Waals surface area contributed by atoms with Crippen LogP contribution < -0.4 is 0 Å². The molecule has 2 rings (SSSR count). The summed E-state index contributed by atoms with van der Waals surface area (Å²) in [4.78, 5) is 10.6. The van der Waals surface area contributed by atoms with Crippen molar-refractivity contribution < 1.29 is 9.90 Å². The van der Waals surface area contributed by atoms with Gasteiger partial charge in [-0.3, -0.25) is 4.79 Å². The molecule has 2 aromatic carbocycles. The van der Waals surface area contributed by atoms with Crippen LogP contribution in [0.2, 0.25) is 0 Å². The Balaban J connectivity index is 2.39. The third kappa shape index (κ3) is 2.72. The van der Waals surface area contributed by atoms with Crippen molar-refractivity contribution in [2.75, 3.05) is 0 Å². The molecule has 0 aromatic heterocycles. The molecule has 2 aromatic rings. The zero-order valence-electron chi connectivity index (χ0n) is 10.2. The van der Waals surface area contributed by atoms with Crippen LogP contribution in [0.25, 0.3) is 10.8 Å². The molecule has 0 bridgehead atoms. The maximum absolute atomic E-state index is 10.6. The topological polar surface area (TPSA) is 37.3 Å². The molecule has 0 aliphatic rings. The molecule has 0 fully saturated rings. The minimum atomic E-state index is -0.733. The summed E-state index contributed by atoms with van der Waals surface area (Å²) in [7, 11) is 0. The van der Waals surface area contributed by atoms with Crippen LogP contribution in [0.4, 0.5) is 0 Å². The van der Waals surface area contributed by atoms with Crippen molar-refractivity contribution in [2.24, 2.45) is 0 Å². The van der Waals surface area contributed by atoms with Gasteiger partial charge in [-0.05, 0) is 34.7 Å². The normalized spacial score (nSPS) is 12.6. The van der Waals surface area contributed by atoms with Gasteiger partial charge in [-0.25, -0.2) is 0 Å². The molecule has 1 unspecified atom stereocenters. The average Bonchev–Trinajstić information content (AvgIpc) is 2.37. The lowest BCUT2D eigenvalue weighted by molar-refractivity contribution is -0.137. The number of benzene rings is 2. The maximum Gasteiger partial charge on any atom is 0.303 e. The lowest BCUT2D eigenvalue weighted by Gasteiger charge is -2.14. The Labute approximate surface area is 115 Å². The Kier molecular flexibility index (Phi) is 4.02. The van der Waals surface area contributed by atoms with E-state index in [-0.39, 0.29) is 12.3 Å². The van der Waals surface area contributed by atoms with Crippen LogP contribution >= 0.6 is 15.9 Å². The van der Waals surface area contributed by atoms with Crippen LogP contribution in [0.15, 0.2) is 40.9 Å². The summed E-state index contributed by atoms with van der Waals surface area (Å²) in [6.07, 6.45) is 0.881. The first-order valence-corrected chi connectivity index (χ1v) is 6.78. The predicted octanol–water partition coefficient (Wildman–Crippen LogP) is 4.57. The van der Waals surface area contributed by atoms with Crippen LogP contribution in [0.3, 0.4) is 0 Å². The standard InChI is InChI=1S/C15H15BrO2/c1-10(6-9-15(17)18)11-7-8-14(16)13-5-3-2-4-12(11)13/h2-5,7-8,10H,6,9H2,1H3,(H,17,18). The Hall–Kier alpha value is -1.35. The second-order valence-electron chi connectivity index (χ2n) is 4.52. The van der Waals surface area contributed by atoms with Gasteiger partial charge in [0, 0.05) is 10.9 Å². The van der Waals surface area contributed by atoms with Gasteiger partial charge in [-0.15, -0.1) is 0 Å². The zero-order chi connectivity index (χ0) is 13.1. The molecule has 2 nitrogen and oxygen atoms in total. The fraction of sp³-hybridized carbons (Fsp3) is 0.267. The first kappa shape index (κ1) is 13.1. The van der Waals surface area contributed by atoms with Gasteiger partial charge in [0.2, 0.25) is 0 Å². The Bertz CT molecular complexity index is 578. The quantitative estimate of drug-likeness (QED) is 0.898. The van der Waals surface area contributed by atoms with E-state index in [2.05, 4.69) is 41.1 Å². The van der Waals surface area contributed by atoms with Gasteiger partial charge in [-0.2, -0.15) is 0 Å². The van der Waals surface area contributed by atoms with Gasteiger partial charge in [0.1, 0.15) is 0 Å². The van der Waals surface area contributed by atoms with Crippen molar-refractivity contribution in [3.8, 4) is 0 Å². The van der Waals surface area contributed by atoms with E-state index >= 15 is 0 Å². The zero-order valence-corrected chi connectivity index (χ0v) is 11.8. The van der Waals surface area contributed by atoms with Gasteiger partial charge in [0.05, 0.1) is 0 Å². The number of rotatable bonds is 4. The van der Waals surface area contributed by atoms with Crippen molar-refractivity contribution in [2.45, 2.75) is 25.7 Å². The van der Waals surface area contributed by atoms with Gasteiger partial charge in [0.15, 0.2) is 0 Å². The maximum atomic E-state index is 10.6. The highest BCUT2D eigenvalue weighted by Crippen LogP contribution is 2.32. The second kappa shape index (κ2) is 5.53. The highest BCUT2D eigenvalue weighted by molar-refractivity contribution is 9.10. The highest BCUT2D eigenvalue weighted by Gasteiger charge is 2.12. The smallest absolute Gasteiger partial charge is 0.303 e. The summed E-state index contributed by atoms with van der Waals surface area (Å²) in [5.74, 6) is -0.484. The number of fused-ring (bicyclic) bond motifs is 1. The lowest BCUT2D eigenvalue weighted by Crippen LogP contribution is -2.00. The fourth-order valence-electron chi connectivity index (χ4n) is 2.21. The number of halogens is 1. The molecule has 3 heteroatoms. The van der Waals surface area contributed by atoms with E-state index in [1.165, 1.54) is 16.3 Å². The molecule has 0 aliphatic heterocycles. The molecule has 18 heavy (non-hydrogen) atoms. The van der Waals surface area contributed by atoms with E-state index in [1.807, 2.05) is 18.2 Å². The van der Waals surface area contributed by atoms with Crippen molar-refractivity contribution >= 4 is 32.7 Å². The van der Waals surface area contributed by atoms with Crippen LogP contribution in [0, 0.1) is 0 Å². The van der Waals surface area contributed by atoms with E-state index < -0.39 is 5.97 Å². The predicted molar refractivity (Wildman–Crippen MR) is 76.9 cm³/mol. The number of carboxylic acid groups (broad SMARTS) is 1. The highest BCUT2D eigenvalue weighted by atomic mass is 79.9. The number of hydrogen-bond acceptors (Lipinski definition) is 1. The number of carbonyl (C=O) groups is 1. The van der Waals surface area contributed by atoms with Gasteiger partial charge in [0.25, 0.3) is 0 Å². The Morgan fingerprint density at radius 2 is 1.89 bits per heavy atom. The van der Waals surface area contributed by atoms with E-state index in [4.69, 9.17) is 5.11 Å². The van der Waals surface area contributed by atoms with E-state index in [1.54, 1.807) is 0 Å². The first-order valence-electron chi connectivity index (χ1n) is 5.98. The summed E-state index contributed by atoms with van der Waals surface area (Å²) in [5, 5.41) is 11.1. The molecular formula is C15H15BrO2. The fourth-order valence-corrected chi connectivity index (χ4v) is 2.69. The molecule has 1 N–H and O–H groups in total. The van der Waals surface area contributed by atoms with Gasteiger partial charge >= 0.3 is 5.97 Å². The summed E-state index contributed by atoms with van der Waals surface area (Å²) < 4.78 is 1.08. The number of carboxylic acids is 1. The molecule has 0 saturated heterocycles. The van der Waals surface area contributed by atoms with Crippen molar-refractivity contribution in [1.29, 1.82) is 0 Å². The molecule has 0 radical (unpaired) electrons. The summed E-state index contributed by atoms with van der Waals surface area (Å²) >= 11 is 3.55. The molecule has 0 aliphatic carbocycles. The van der Waals surface area contributed by atoms with Crippen LogP contribution in [0.1, 0.15) is 31.2 Å².